The van der Waals surface area contributed by atoms with Crippen molar-refractivity contribution in [3.05, 3.63) is 84.3 Å². The molecule has 0 aliphatic carbocycles. The average Bonchev–Trinajstić information content (AvgIpc) is 3.20. The molecule has 128 valence electrons. The van der Waals surface area contributed by atoms with Crippen LogP contribution in [0.1, 0.15) is 22.2 Å². The Balaban J connectivity index is 1.86. The first-order chi connectivity index (χ1) is 12.2. The molecule has 0 spiro atoms. The molecule has 0 fully saturated rings. The van der Waals surface area contributed by atoms with Crippen LogP contribution in [-0.4, -0.2) is 24.7 Å². The zero-order chi connectivity index (χ0) is 17.6. The smallest absolute Gasteiger partial charge is 0.254 e. The highest BCUT2D eigenvalue weighted by Gasteiger charge is 2.20. The van der Waals surface area contributed by atoms with Crippen LogP contribution >= 0.6 is 0 Å². The maximum absolute atomic E-state index is 12.8. The van der Waals surface area contributed by atoms with Gasteiger partial charge in [-0.25, -0.2) is 0 Å². The van der Waals surface area contributed by atoms with Crippen molar-refractivity contribution < 1.29 is 14.3 Å². The summed E-state index contributed by atoms with van der Waals surface area (Å²) in [7, 11) is 1.91. The zero-order valence-corrected chi connectivity index (χ0v) is 13.9. The molecule has 3 rings (SSSR count). The van der Waals surface area contributed by atoms with Crippen LogP contribution in [0, 0.1) is 0 Å². The van der Waals surface area contributed by atoms with E-state index in [1.165, 1.54) is 6.26 Å². The Bertz CT molecular complexity index is 816. The van der Waals surface area contributed by atoms with Crippen LogP contribution in [0.2, 0.25) is 0 Å². The molecule has 0 aliphatic heterocycles. The highest BCUT2D eigenvalue weighted by Crippen LogP contribution is 2.27. The van der Waals surface area contributed by atoms with Crippen molar-refractivity contribution in [1.29, 1.82) is 0 Å². The summed E-state index contributed by atoms with van der Waals surface area (Å²) in [6, 6.07) is 20.0. The predicted molar refractivity (Wildman–Crippen MR) is 96.9 cm³/mol. The lowest BCUT2D eigenvalue weighted by Crippen LogP contribution is -2.31. The Morgan fingerprint density at radius 2 is 1.80 bits per heavy atom. The molecule has 0 saturated heterocycles. The molecule has 25 heavy (non-hydrogen) atoms. The summed E-state index contributed by atoms with van der Waals surface area (Å²) < 4.78 is 5.29. The van der Waals surface area contributed by atoms with Gasteiger partial charge in [-0.05, 0) is 36.4 Å². The number of nitrogens with one attached hydrogen (secondary N) is 1. The van der Waals surface area contributed by atoms with E-state index in [0.29, 0.717) is 11.3 Å². The van der Waals surface area contributed by atoms with Crippen LogP contribution in [0.3, 0.4) is 0 Å². The minimum atomic E-state index is -0.586. The van der Waals surface area contributed by atoms with Crippen molar-refractivity contribution in [1.82, 2.24) is 5.32 Å². The molecule has 1 heterocycles. The number of carbonyl (C=O) groups excluding carboxylic acids is 1. The van der Waals surface area contributed by atoms with Crippen LogP contribution in [0.4, 0.5) is 11.4 Å². The number of carbonyl (C=O) groups is 1. The number of anilines is 2. The Morgan fingerprint density at radius 1 is 1.08 bits per heavy atom. The van der Waals surface area contributed by atoms with Gasteiger partial charge in [-0.2, -0.15) is 0 Å². The summed E-state index contributed by atoms with van der Waals surface area (Å²) in [5.74, 6) is 0.249. The lowest BCUT2D eigenvalue weighted by Gasteiger charge is -2.23. The van der Waals surface area contributed by atoms with Crippen LogP contribution in [0.15, 0.2) is 77.4 Å². The van der Waals surface area contributed by atoms with Gasteiger partial charge in [0.1, 0.15) is 11.8 Å². The molecule has 5 heteroatoms. The molecule has 2 N–H and O–H groups in total. The number of amides is 1. The third kappa shape index (κ3) is 3.72. The lowest BCUT2D eigenvalue weighted by molar-refractivity contribution is 0.0908. The van der Waals surface area contributed by atoms with E-state index in [2.05, 4.69) is 5.32 Å². The third-order valence-corrected chi connectivity index (χ3v) is 4.03. The van der Waals surface area contributed by atoms with E-state index in [1.807, 2.05) is 60.5 Å². The van der Waals surface area contributed by atoms with E-state index in [4.69, 9.17) is 4.42 Å². The van der Waals surface area contributed by atoms with Crippen molar-refractivity contribution in [2.24, 2.45) is 0 Å². The highest BCUT2D eigenvalue weighted by molar-refractivity contribution is 6.00. The largest absolute Gasteiger partial charge is 0.467 e. The van der Waals surface area contributed by atoms with Crippen molar-refractivity contribution in [2.75, 3.05) is 18.6 Å². The molecule has 1 aromatic heterocycles. The molecule has 2 aromatic carbocycles. The Hall–Kier alpha value is -3.05. The second kappa shape index (κ2) is 7.68. The summed E-state index contributed by atoms with van der Waals surface area (Å²) in [6.45, 7) is -0.240. The molecule has 1 unspecified atom stereocenters. The number of rotatable bonds is 6. The maximum atomic E-state index is 12.8. The molecule has 1 amide bonds. The van der Waals surface area contributed by atoms with Crippen molar-refractivity contribution in [3.8, 4) is 0 Å². The van der Waals surface area contributed by atoms with Crippen LogP contribution < -0.4 is 10.2 Å². The zero-order valence-electron chi connectivity index (χ0n) is 13.9. The lowest BCUT2D eigenvalue weighted by atomic mass is 10.1. The van der Waals surface area contributed by atoms with Crippen LogP contribution in [-0.2, 0) is 0 Å². The number of nitrogens with zero attached hydrogens (tertiary/aromatic N) is 1. The fourth-order valence-corrected chi connectivity index (χ4v) is 2.68. The van der Waals surface area contributed by atoms with Gasteiger partial charge in [-0.15, -0.1) is 0 Å². The molecule has 1 atom stereocenters. The van der Waals surface area contributed by atoms with Gasteiger partial charge in [-0.3, -0.25) is 4.79 Å². The molecular weight excluding hydrogens is 316 g/mol. The number of benzene rings is 2. The van der Waals surface area contributed by atoms with E-state index in [9.17, 15) is 9.90 Å². The molecule has 0 bridgehead atoms. The molecule has 3 aromatic rings. The number of aliphatic hydroxyl groups is 1. The van der Waals surface area contributed by atoms with E-state index in [-0.39, 0.29) is 12.5 Å². The van der Waals surface area contributed by atoms with E-state index in [1.54, 1.807) is 18.2 Å². The normalized spacial score (nSPS) is 11.8. The fourth-order valence-electron chi connectivity index (χ4n) is 2.68. The first-order valence-corrected chi connectivity index (χ1v) is 8.03. The molecular formula is C20H20N2O3. The number of hydrogen-bond donors (Lipinski definition) is 2. The first-order valence-electron chi connectivity index (χ1n) is 8.03. The molecule has 0 saturated carbocycles. The van der Waals surface area contributed by atoms with Crippen LogP contribution in [0.25, 0.3) is 0 Å². The van der Waals surface area contributed by atoms with Gasteiger partial charge in [0, 0.05) is 12.7 Å². The summed E-state index contributed by atoms with van der Waals surface area (Å²) in [4.78, 5) is 14.7. The van der Waals surface area contributed by atoms with Gasteiger partial charge in [0.25, 0.3) is 5.91 Å². The van der Waals surface area contributed by atoms with Gasteiger partial charge in [0.15, 0.2) is 0 Å². The number of hydrogen-bond acceptors (Lipinski definition) is 4. The van der Waals surface area contributed by atoms with Gasteiger partial charge in [0.2, 0.25) is 0 Å². The van der Waals surface area contributed by atoms with Crippen molar-refractivity contribution in [3.63, 3.8) is 0 Å². The van der Waals surface area contributed by atoms with Crippen LogP contribution in [0.5, 0.6) is 0 Å². The summed E-state index contributed by atoms with van der Waals surface area (Å²) >= 11 is 0. The summed E-state index contributed by atoms with van der Waals surface area (Å²) in [6.07, 6.45) is 1.52. The monoisotopic (exact) mass is 336 g/mol. The Kier molecular flexibility index (Phi) is 5.16. The van der Waals surface area contributed by atoms with Gasteiger partial charge in [-0.1, -0.05) is 30.3 Å². The standard InChI is InChI=1S/C20H20N2O3/c1-22(15-8-3-2-4-9-15)18-11-6-5-10-16(18)20(24)21-17(14-23)19-12-7-13-25-19/h2-13,17,23H,14H2,1H3,(H,21,24). The Morgan fingerprint density at radius 3 is 2.48 bits per heavy atom. The number of aliphatic hydroxyl groups excluding tert-OH is 1. The molecule has 5 nitrogen and oxygen atoms in total. The minimum Gasteiger partial charge on any atom is -0.467 e. The number of furan rings is 1. The van der Waals surface area contributed by atoms with Crippen molar-refractivity contribution >= 4 is 17.3 Å². The van der Waals surface area contributed by atoms with E-state index >= 15 is 0 Å². The third-order valence-electron chi connectivity index (χ3n) is 4.03. The van der Waals surface area contributed by atoms with Gasteiger partial charge in [0.05, 0.1) is 24.1 Å². The summed E-state index contributed by atoms with van der Waals surface area (Å²) in [5.41, 5.74) is 2.29. The molecule has 0 aliphatic rings. The predicted octanol–water partition coefficient (Wildman–Crippen LogP) is 3.51. The average molecular weight is 336 g/mol. The topological polar surface area (TPSA) is 65.7 Å². The number of para-hydroxylation sites is 2. The highest BCUT2D eigenvalue weighted by atomic mass is 16.3. The summed E-state index contributed by atoms with van der Waals surface area (Å²) in [5, 5.41) is 12.4. The van der Waals surface area contributed by atoms with E-state index < -0.39 is 6.04 Å². The quantitative estimate of drug-likeness (QED) is 0.723. The fraction of sp³-hybridized carbons (Fsp3) is 0.150. The minimum absolute atomic E-state index is 0.240. The molecule has 0 radical (unpaired) electrons. The van der Waals surface area contributed by atoms with Crippen molar-refractivity contribution in [2.45, 2.75) is 6.04 Å². The second-order valence-electron chi connectivity index (χ2n) is 5.64. The Labute approximate surface area is 146 Å². The van der Waals surface area contributed by atoms with Gasteiger partial charge >= 0.3 is 0 Å². The SMILES string of the molecule is CN(c1ccccc1)c1ccccc1C(=O)NC(CO)c1ccco1. The first kappa shape index (κ1) is 16.8. The second-order valence-corrected chi connectivity index (χ2v) is 5.64. The van der Waals surface area contributed by atoms with Gasteiger partial charge < -0.3 is 19.7 Å². The maximum Gasteiger partial charge on any atom is 0.254 e. The van der Waals surface area contributed by atoms with E-state index in [0.717, 1.165) is 11.4 Å².